The molecule has 1 saturated carbocycles. The Kier molecular flexibility index (Phi) is 7.20. The van der Waals surface area contributed by atoms with Crippen molar-refractivity contribution in [2.45, 2.75) is 56.1 Å². The predicted octanol–water partition coefficient (Wildman–Crippen LogP) is 2.71. The summed E-state index contributed by atoms with van der Waals surface area (Å²) in [6.45, 7) is 6.16. The summed E-state index contributed by atoms with van der Waals surface area (Å²) in [5, 5.41) is 12.6. The number of carbonyl (C=O) groups is 3. The van der Waals surface area contributed by atoms with Gasteiger partial charge in [0.25, 0.3) is 5.91 Å². The van der Waals surface area contributed by atoms with Crippen LogP contribution in [0, 0.1) is 12.8 Å². The van der Waals surface area contributed by atoms with Crippen molar-refractivity contribution in [3.05, 3.63) is 65.6 Å². The number of thioether (sulfide) groups is 1. The van der Waals surface area contributed by atoms with Gasteiger partial charge in [0, 0.05) is 36.0 Å². The molecule has 2 aromatic heterocycles. The predicted molar refractivity (Wildman–Crippen MR) is 151 cm³/mol. The molecule has 4 amide bonds. The van der Waals surface area contributed by atoms with Gasteiger partial charge in [-0.2, -0.15) is 0 Å². The number of hydrogen-bond donors (Lipinski definition) is 4. The number of pyridine rings is 2. The van der Waals surface area contributed by atoms with Crippen LogP contribution in [0.4, 0.5) is 10.5 Å². The number of nitrogens with one attached hydrogen (secondary N) is 4. The first-order valence-corrected chi connectivity index (χ1v) is 14.3. The quantitative estimate of drug-likeness (QED) is 0.379. The van der Waals surface area contributed by atoms with Gasteiger partial charge in [0.1, 0.15) is 5.75 Å². The molecule has 3 fully saturated rings. The maximum absolute atomic E-state index is 13.6. The monoisotopic (exact) mass is 561 g/mol. The van der Waals surface area contributed by atoms with Crippen molar-refractivity contribution >= 4 is 35.3 Å². The van der Waals surface area contributed by atoms with Gasteiger partial charge in [0.05, 0.1) is 34.4 Å². The Bertz CT molecular complexity index is 1380. The number of nitrogens with zero attached hydrogens (tertiary/aromatic N) is 3. The molecule has 5 heterocycles. The van der Waals surface area contributed by atoms with Crippen molar-refractivity contribution in [3.8, 4) is 11.6 Å². The van der Waals surface area contributed by atoms with E-state index in [9.17, 15) is 14.4 Å². The van der Waals surface area contributed by atoms with E-state index < -0.39 is 0 Å². The lowest BCUT2D eigenvalue weighted by atomic mass is 9.86. The number of piperidine rings is 1. The van der Waals surface area contributed by atoms with Crippen molar-refractivity contribution in [1.82, 2.24) is 31.2 Å². The first-order chi connectivity index (χ1) is 19.4. The molecule has 0 radical (unpaired) electrons. The van der Waals surface area contributed by atoms with E-state index in [0.29, 0.717) is 27.9 Å². The molecule has 4 aliphatic rings. The van der Waals surface area contributed by atoms with Crippen LogP contribution in [0.3, 0.4) is 0 Å². The van der Waals surface area contributed by atoms with Gasteiger partial charge in [-0.25, -0.2) is 9.78 Å². The largest absolute Gasteiger partial charge is 0.437 e. The van der Waals surface area contributed by atoms with Crippen LogP contribution < -0.4 is 30.9 Å². The van der Waals surface area contributed by atoms with E-state index in [-0.39, 0.29) is 47.3 Å². The van der Waals surface area contributed by atoms with E-state index in [1.807, 2.05) is 13.0 Å². The zero-order valence-corrected chi connectivity index (χ0v) is 22.9. The molecular weight excluding hydrogens is 530 g/mol. The summed E-state index contributed by atoms with van der Waals surface area (Å²) in [4.78, 5) is 49.8. The molecule has 12 heteroatoms. The third kappa shape index (κ3) is 4.92. The summed E-state index contributed by atoms with van der Waals surface area (Å²) in [5.41, 5.74) is 2.22. The molecule has 4 N–H and O–H groups in total. The van der Waals surface area contributed by atoms with Gasteiger partial charge < -0.3 is 26.0 Å². The van der Waals surface area contributed by atoms with Crippen LogP contribution >= 0.6 is 11.8 Å². The lowest BCUT2D eigenvalue weighted by Gasteiger charge is -2.46. The lowest BCUT2D eigenvalue weighted by Crippen LogP contribution is -2.62. The Hall–Kier alpha value is -3.90. The molecule has 0 aromatic carbocycles. The number of hydrogen-bond acceptors (Lipinski definition) is 8. The SMILES string of the molecule is C=CC(=O)N[C@H]1CCC[C@H]1NC(=O)C1=C2NC(=O)N(c3cnc(Oc4cccnc4)cc3C)C3CCNC(S1)C23. The van der Waals surface area contributed by atoms with Gasteiger partial charge in [-0.15, -0.1) is 0 Å². The average Bonchev–Trinajstić information content (AvgIpc) is 3.55. The van der Waals surface area contributed by atoms with E-state index in [4.69, 9.17) is 4.74 Å². The number of aromatic nitrogens is 2. The second-order valence-electron chi connectivity index (χ2n) is 10.3. The Morgan fingerprint density at radius 1 is 1.23 bits per heavy atom. The van der Waals surface area contributed by atoms with Crippen LogP contribution in [0.1, 0.15) is 31.2 Å². The molecule has 6 rings (SSSR count). The number of ether oxygens (including phenoxy) is 1. The highest BCUT2D eigenvalue weighted by Crippen LogP contribution is 2.48. The van der Waals surface area contributed by atoms with Crippen LogP contribution in [-0.4, -0.2) is 57.9 Å². The molecule has 1 aliphatic carbocycles. The lowest BCUT2D eigenvalue weighted by molar-refractivity contribution is -0.119. The third-order valence-corrected chi connectivity index (χ3v) is 9.22. The summed E-state index contributed by atoms with van der Waals surface area (Å²) >= 11 is 1.46. The first kappa shape index (κ1) is 26.3. The van der Waals surface area contributed by atoms with E-state index in [1.165, 1.54) is 17.8 Å². The topological polar surface area (TPSA) is 138 Å². The second kappa shape index (κ2) is 10.9. The Labute approximate surface area is 236 Å². The molecule has 5 atom stereocenters. The number of carbonyl (C=O) groups excluding carboxylic acids is 3. The first-order valence-electron chi connectivity index (χ1n) is 13.5. The number of rotatable bonds is 7. The highest BCUT2D eigenvalue weighted by Gasteiger charge is 2.52. The van der Waals surface area contributed by atoms with Crippen molar-refractivity contribution in [3.63, 3.8) is 0 Å². The van der Waals surface area contributed by atoms with Crippen LogP contribution in [0.15, 0.2) is 60.0 Å². The van der Waals surface area contributed by atoms with Gasteiger partial charge in [0.15, 0.2) is 0 Å². The number of anilines is 1. The maximum atomic E-state index is 13.6. The average molecular weight is 562 g/mol. The Balaban J connectivity index is 1.22. The molecule has 208 valence electrons. The third-order valence-electron chi connectivity index (χ3n) is 7.87. The second-order valence-corrected chi connectivity index (χ2v) is 11.5. The van der Waals surface area contributed by atoms with Crippen molar-refractivity contribution in [2.24, 2.45) is 5.92 Å². The van der Waals surface area contributed by atoms with Crippen LogP contribution in [0.5, 0.6) is 11.6 Å². The minimum atomic E-state index is -0.285. The molecule has 3 unspecified atom stereocenters. The van der Waals surface area contributed by atoms with Crippen molar-refractivity contribution in [2.75, 3.05) is 11.4 Å². The number of urea groups is 1. The van der Waals surface area contributed by atoms with Gasteiger partial charge in [0.2, 0.25) is 11.8 Å². The Morgan fingerprint density at radius 2 is 2.05 bits per heavy atom. The zero-order valence-electron chi connectivity index (χ0n) is 22.1. The molecule has 2 saturated heterocycles. The summed E-state index contributed by atoms with van der Waals surface area (Å²) in [6.07, 6.45) is 9.41. The molecule has 0 spiro atoms. The molecular formula is C28H31N7O4S. The normalized spacial score (nSPS) is 27.1. The fraction of sp³-hybridized carbons (Fsp3) is 0.393. The Morgan fingerprint density at radius 3 is 2.80 bits per heavy atom. The van der Waals surface area contributed by atoms with Crippen LogP contribution in [0.2, 0.25) is 0 Å². The van der Waals surface area contributed by atoms with Gasteiger partial charge in [-0.3, -0.25) is 19.5 Å². The minimum absolute atomic E-state index is 0.0427. The van der Waals surface area contributed by atoms with E-state index in [2.05, 4.69) is 37.8 Å². The maximum Gasteiger partial charge on any atom is 0.326 e. The van der Waals surface area contributed by atoms with E-state index in [0.717, 1.165) is 37.8 Å². The minimum Gasteiger partial charge on any atom is -0.437 e. The van der Waals surface area contributed by atoms with Gasteiger partial charge in [-0.1, -0.05) is 18.3 Å². The standard InChI is InChI=1S/C28H31N7O4S/c1-3-21(36)32-17-7-4-8-18(17)33-26(37)25-24-23-19(9-11-30-27(23)40-25)35(28(38)34-24)20-14-31-22(12-15(20)2)39-16-6-5-10-29-13-16/h3,5-6,10,12-14,17-19,23,27,30H,1,4,7-9,11H2,2H3,(H,32,36)(H,33,37)(H,34,38)/t17-,18+,19?,23?,27?/m0/s1. The fourth-order valence-electron chi connectivity index (χ4n) is 6.04. The van der Waals surface area contributed by atoms with E-state index in [1.54, 1.807) is 35.6 Å². The summed E-state index contributed by atoms with van der Waals surface area (Å²) < 4.78 is 5.82. The zero-order chi connectivity index (χ0) is 27.8. The van der Waals surface area contributed by atoms with Crippen molar-refractivity contribution < 1.29 is 19.1 Å². The summed E-state index contributed by atoms with van der Waals surface area (Å²) in [7, 11) is 0. The highest BCUT2D eigenvalue weighted by atomic mass is 32.2. The van der Waals surface area contributed by atoms with Gasteiger partial charge >= 0.3 is 6.03 Å². The number of amides is 4. The van der Waals surface area contributed by atoms with Crippen molar-refractivity contribution in [1.29, 1.82) is 0 Å². The molecule has 3 aliphatic heterocycles. The summed E-state index contributed by atoms with van der Waals surface area (Å²) in [5.74, 6) is 0.448. The molecule has 0 bridgehead atoms. The van der Waals surface area contributed by atoms with Gasteiger partial charge in [-0.05, 0) is 62.9 Å². The molecule has 2 aromatic rings. The highest BCUT2D eigenvalue weighted by molar-refractivity contribution is 8.04. The fourth-order valence-corrected chi connectivity index (χ4v) is 7.44. The smallest absolute Gasteiger partial charge is 0.326 e. The molecule has 40 heavy (non-hydrogen) atoms. The van der Waals surface area contributed by atoms with Crippen LogP contribution in [0.25, 0.3) is 0 Å². The van der Waals surface area contributed by atoms with Crippen LogP contribution in [-0.2, 0) is 9.59 Å². The molecule has 11 nitrogen and oxygen atoms in total. The van der Waals surface area contributed by atoms with E-state index >= 15 is 0 Å². The number of aryl methyl sites for hydroxylation is 1. The summed E-state index contributed by atoms with van der Waals surface area (Å²) in [6, 6.07) is 4.66.